The lowest BCUT2D eigenvalue weighted by Gasteiger charge is -2.27. The second kappa shape index (κ2) is 14.8. The zero-order chi connectivity index (χ0) is 39.1. The summed E-state index contributed by atoms with van der Waals surface area (Å²) in [5.41, 5.74) is 12.4. The van der Waals surface area contributed by atoms with Crippen molar-refractivity contribution in [1.29, 1.82) is 0 Å². The first-order valence-corrected chi connectivity index (χ1v) is 20.7. The van der Waals surface area contributed by atoms with Crippen molar-refractivity contribution < 1.29 is 0 Å². The Labute approximate surface area is 345 Å². The van der Waals surface area contributed by atoms with Crippen LogP contribution in [0.1, 0.15) is 30.4 Å². The van der Waals surface area contributed by atoms with Crippen LogP contribution in [0, 0.1) is 0 Å². The summed E-state index contributed by atoms with van der Waals surface area (Å²) in [5, 5.41) is 9.91. The van der Waals surface area contributed by atoms with Gasteiger partial charge in [-0.15, -0.1) is 0 Å². The second-order valence-electron chi connectivity index (χ2n) is 15.7. The van der Waals surface area contributed by atoms with E-state index in [1.54, 1.807) is 0 Å². The molecule has 11 rings (SSSR count). The lowest BCUT2D eigenvalue weighted by Crippen LogP contribution is -2.10. The highest BCUT2D eigenvalue weighted by molar-refractivity contribution is 5.97. The molecule has 0 unspecified atom stereocenters. The van der Waals surface area contributed by atoms with E-state index in [4.69, 9.17) is 0 Å². The molecule has 59 heavy (non-hydrogen) atoms. The predicted molar refractivity (Wildman–Crippen MR) is 253 cm³/mol. The zero-order valence-electron chi connectivity index (χ0n) is 32.8. The average Bonchev–Trinajstić information content (AvgIpc) is 3.80. The average molecular weight is 755 g/mol. The van der Waals surface area contributed by atoms with Gasteiger partial charge in [-0.25, -0.2) is 0 Å². The van der Waals surface area contributed by atoms with Gasteiger partial charge in [-0.05, 0) is 157 Å². The van der Waals surface area contributed by atoms with E-state index < -0.39 is 0 Å². The van der Waals surface area contributed by atoms with Crippen LogP contribution in [-0.4, -0.2) is 0 Å². The number of nitrogens with zero attached hydrogens (tertiary/aromatic N) is 2. The quantitative estimate of drug-likeness (QED) is 0.152. The van der Waals surface area contributed by atoms with Gasteiger partial charge in [0.25, 0.3) is 0 Å². The molecular weight excluding hydrogens is 713 g/mol. The summed E-state index contributed by atoms with van der Waals surface area (Å²) in [5.74, 6) is 0. The molecule has 0 amide bonds. The maximum absolute atomic E-state index is 2.39. The van der Waals surface area contributed by atoms with Gasteiger partial charge in [-0.1, -0.05) is 146 Å². The molecule has 0 atom stereocenters. The van der Waals surface area contributed by atoms with E-state index in [1.165, 1.54) is 65.4 Å². The number of rotatable bonds is 8. The van der Waals surface area contributed by atoms with E-state index in [9.17, 15) is 0 Å². The van der Waals surface area contributed by atoms with Crippen molar-refractivity contribution in [3.05, 3.63) is 230 Å². The van der Waals surface area contributed by atoms with E-state index in [0.29, 0.717) is 0 Å². The van der Waals surface area contributed by atoms with Crippen molar-refractivity contribution in [2.45, 2.75) is 19.3 Å². The lowest BCUT2D eigenvalue weighted by molar-refractivity contribution is 0.942. The molecule has 0 saturated carbocycles. The molecule has 0 saturated heterocycles. The fourth-order valence-corrected chi connectivity index (χ4v) is 9.16. The fraction of sp³-hybridized carbons (Fsp3) is 0.0526. The Balaban J connectivity index is 0.950. The monoisotopic (exact) mass is 754 g/mol. The standard InChI is InChI=1S/C57H42N2/c1-5-14-46-36-52(32-20-40(46)10-1)58(53-33-21-41-11-2-6-15-47(41)37-53)50-28-24-44(25-29-50)56-18-9-19-57(56)45-26-30-51(31-27-45)59(54-34-22-42-12-3-7-16-48(42)38-54)55-35-23-43-13-4-8-17-49(43)39-55/h1-8,10-17,20-39H,9,18-19H2. The predicted octanol–water partition coefficient (Wildman–Crippen LogP) is 16.3. The van der Waals surface area contributed by atoms with Crippen LogP contribution in [0.5, 0.6) is 0 Å². The van der Waals surface area contributed by atoms with Crippen LogP contribution < -0.4 is 9.80 Å². The van der Waals surface area contributed by atoms with Crippen molar-refractivity contribution in [2.24, 2.45) is 0 Å². The molecule has 0 fully saturated rings. The molecule has 0 bridgehead atoms. The normalized spacial score (nSPS) is 12.8. The summed E-state index contributed by atoms with van der Waals surface area (Å²) in [7, 11) is 0. The van der Waals surface area contributed by atoms with E-state index in [-0.39, 0.29) is 0 Å². The number of hydrogen-bond donors (Lipinski definition) is 0. The third-order valence-electron chi connectivity index (χ3n) is 12.1. The summed E-state index contributed by atoms with van der Waals surface area (Å²) in [6.07, 6.45) is 3.32. The van der Waals surface area contributed by atoms with E-state index in [1.807, 2.05) is 0 Å². The molecule has 0 N–H and O–H groups in total. The van der Waals surface area contributed by atoms with Gasteiger partial charge in [0.2, 0.25) is 0 Å². The molecular formula is C57H42N2. The first kappa shape index (κ1) is 34.8. The SMILES string of the molecule is c1ccc2cc(N(c3ccc(C4=C(c5ccc(N(c6ccc7ccccc7c6)c6ccc7ccccc7c6)cc5)CCC4)cc3)c3ccc4ccccc4c3)ccc2c1. The molecule has 0 aromatic heterocycles. The summed E-state index contributed by atoms with van der Waals surface area (Å²) >= 11 is 0. The van der Waals surface area contributed by atoms with Gasteiger partial charge >= 0.3 is 0 Å². The van der Waals surface area contributed by atoms with E-state index in [0.717, 1.165) is 53.4 Å². The van der Waals surface area contributed by atoms with Gasteiger partial charge in [0.05, 0.1) is 0 Å². The van der Waals surface area contributed by atoms with E-state index in [2.05, 4.69) is 228 Å². The maximum atomic E-state index is 2.39. The van der Waals surface area contributed by atoms with Crippen LogP contribution in [0.25, 0.3) is 54.2 Å². The van der Waals surface area contributed by atoms with Crippen molar-refractivity contribution >= 4 is 88.4 Å². The molecule has 10 aromatic rings. The number of fused-ring (bicyclic) bond motifs is 4. The van der Waals surface area contributed by atoms with Crippen LogP contribution in [-0.2, 0) is 0 Å². The van der Waals surface area contributed by atoms with Gasteiger partial charge in [0.15, 0.2) is 0 Å². The smallest absolute Gasteiger partial charge is 0.0468 e. The number of benzene rings is 10. The van der Waals surface area contributed by atoms with Crippen LogP contribution in [0.15, 0.2) is 218 Å². The third kappa shape index (κ3) is 6.59. The van der Waals surface area contributed by atoms with Gasteiger partial charge in [0.1, 0.15) is 0 Å². The Bertz CT molecular complexity index is 2820. The maximum Gasteiger partial charge on any atom is 0.0468 e. The molecule has 10 aromatic carbocycles. The first-order chi connectivity index (χ1) is 29.2. The topological polar surface area (TPSA) is 6.48 Å². The molecule has 280 valence electrons. The molecule has 2 heteroatoms. The number of allylic oxidation sites excluding steroid dienone is 2. The molecule has 2 nitrogen and oxygen atoms in total. The van der Waals surface area contributed by atoms with Crippen LogP contribution in [0.2, 0.25) is 0 Å². The minimum Gasteiger partial charge on any atom is -0.310 e. The van der Waals surface area contributed by atoms with Crippen molar-refractivity contribution in [3.8, 4) is 0 Å². The van der Waals surface area contributed by atoms with Crippen molar-refractivity contribution in [3.63, 3.8) is 0 Å². The largest absolute Gasteiger partial charge is 0.310 e. The molecule has 0 radical (unpaired) electrons. The number of hydrogen-bond acceptors (Lipinski definition) is 2. The molecule has 0 spiro atoms. The zero-order valence-corrected chi connectivity index (χ0v) is 32.8. The van der Waals surface area contributed by atoms with E-state index >= 15 is 0 Å². The molecule has 1 aliphatic carbocycles. The summed E-state index contributed by atoms with van der Waals surface area (Å²) in [6.45, 7) is 0. The Hall–Kier alpha value is -7.42. The fourth-order valence-electron chi connectivity index (χ4n) is 9.16. The lowest BCUT2D eigenvalue weighted by atomic mass is 9.96. The molecule has 0 heterocycles. The highest BCUT2D eigenvalue weighted by atomic mass is 15.1. The van der Waals surface area contributed by atoms with Gasteiger partial charge in [-0.3, -0.25) is 0 Å². The minimum absolute atomic E-state index is 1.08. The Morgan fingerprint density at radius 2 is 0.492 bits per heavy atom. The van der Waals surface area contributed by atoms with Crippen LogP contribution in [0.3, 0.4) is 0 Å². The second-order valence-corrected chi connectivity index (χ2v) is 15.7. The Morgan fingerprint density at radius 3 is 0.780 bits per heavy atom. The van der Waals surface area contributed by atoms with Gasteiger partial charge in [-0.2, -0.15) is 0 Å². The van der Waals surface area contributed by atoms with Crippen LogP contribution in [0.4, 0.5) is 34.1 Å². The first-order valence-electron chi connectivity index (χ1n) is 20.7. The van der Waals surface area contributed by atoms with Gasteiger partial charge in [0, 0.05) is 34.1 Å². The third-order valence-corrected chi connectivity index (χ3v) is 12.1. The molecule has 0 aliphatic heterocycles. The van der Waals surface area contributed by atoms with Crippen LogP contribution >= 0.6 is 0 Å². The summed E-state index contributed by atoms with van der Waals surface area (Å²) in [6, 6.07) is 80.1. The summed E-state index contributed by atoms with van der Waals surface area (Å²) < 4.78 is 0. The minimum atomic E-state index is 1.08. The molecule has 1 aliphatic rings. The van der Waals surface area contributed by atoms with Crippen molar-refractivity contribution in [2.75, 3.05) is 9.80 Å². The Morgan fingerprint density at radius 1 is 0.237 bits per heavy atom. The number of anilines is 6. The van der Waals surface area contributed by atoms with Crippen molar-refractivity contribution in [1.82, 2.24) is 0 Å². The summed E-state index contributed by atoms with van der Waals surface area (Å²) in [4.78, 5) is 4.78. The highest BCUT2D eigenvalue weighted by Crippen LogP contribution is 2.44. The van der Waals surface area contributed by atoms with Gasteiger partial charge < -0.3 is 9.80 Å². The highest BCUT2D eigenvalue weighted by Gasteiger charge is 2.21. The Kier molecular flexibility index (Phi) is 8.74.